The fourth-order valence-electron chi connectivity index (χ4n) is 2.63. The number of nitro benzene ring substituents is 1. The number of phenols is 1. The van der Waals surface area contributed by atoms with Crippen LogP contribution in [0.2, 0.25) is 5.02 Å². The number of hydrogen-bond acceptors (Lipinski definition) is 7. The number of aromatic hydroxyl groups is 1. The Bertz CT molecular complexity index is 1170. The molecule has 0 fully saturated rings. The first-order valence-electron chi connectivity index (χ1n) is 8.69. The van der Waals surface area contributed by atoms with Crippen molar-refractivity contribution < 1.29 is 14.8 Å². The number of thioether (sulfide) groups is 1. The Balaban J connectivity index is 1.76. The van der Waals surface area contributed by atoms with Gasteiger partial charge in [-0.05, 0) is 30.3 Å². The molecule has 0 saturated heterocycles. The highest BCUT2D eigenvalue weighted by Gasteiger charge is 2.18. The van der Waals surface area contributed by atoms with Gasteiger partial charge in [0.15, 0.2) is 11.0 Å². The number of nitro groups is 1. The highest BCUT2D eigenvalue weighted by Crippen LogP contribution is 2.33. The highest BCUT2D eigenvalue weighted by atomic mass is 79.9. The lowest BCUT2D eigenvalue weighted by molar-refractivity contribution is -0.384. The summed E-state index contributed by atoms with van der Waals surface area (Å²) in [5.74, 6) is 0.0620. The number of rotatable bonds is 8. The summed E-state index contributed by atoms with van der Waals surface area (Å²) in [4.78, 5) is 22.7. The third-order valence-corrected chi connectivity index (χ3v) is 5.77. The lowest BCUT2D eigenvalue weighted by atomic mass is 10.2. The van der Waals surface area contributed by atoms with Crippen LogP contribution in [-0.2, 0) is 11.3 Å². The number of phenolic OH excluding ortho intramolecular Hbond substituents is 1. The molecule has 0 bridgehead atoms. The van der Waals surface area contributed by atoms with E-state index in [9.17, 15) is 20.0 Å². The Morgan fingerprint density at radius 3 is 2.84 bits per heavy atom. The summed E-state index contributed by atoms with van der Waals surface area (Å²) >= 11 is 10.3. The first kappa shape index (κ1) is 22.8. The van der Waals surface area contributed by atoms with E-state index in [1.807, 2.05) is 0 Å². The van der Waals surface area contributed by atoms with Crippen LogP contribution < -0.4 is 5.32 Å². The third-order valence-electron chi connectivity index (χ3n) is 3.99. The second-order valence-electron chi connectivity index (χ2n) is 6.13. The van der Waals surface area contributed by atoms with Crippen LogP contribution in [-0.4, -0.2) is 36.5 Å². The molecule has 3 aromatic rings. The number of nitrogens with zero attached hydrogens (tertiary/aromatic N) is 4. The summed E-state index contributed by atoms with van der Waals surface area (Å²) < 4.78 is 2.48. The lowest BCUT2D eigenvalue weighted by Crippen LogP contribution is -2.15. The maximum absolute atomic E-state index is 12.3. The maximum Gasteiger partial charge on any atom is 0.289 e. The highest BCUT2D eigenvalue weighted by molar-refractivity contribution is 9.10. The van der Waals surface area contributed by atoms with Crippen molar-refractivity contribution in [1.29, 1.82) is 0 Å². The number of anilines is 1. The van der Waals surface area contributed by atoms with E-state index >= 15 is 0 Å². The number of carbonyl (C=O) groups excluding carboxylic acids is 1. The van der Waals surface area contributed by atoms with E-state index in [0.29, 0.717) is 23.1 Å². The Kier molecular flexibility index (Phi) is 7.31. The minimum atomic E-state index is -0.622. The van der Waals surface area contributed by atoms with Crippen LogP contribution in [0.15, 0.2) is 58.7 Å². The quantitative estimate of drug-likeness (QED) is 0.186. The van der Waals surface area contributed by atoms with E-state index in [4.69, 9.17) is 11.6 Å². The maximum atomic E-state index is 12.3. The Hall–Kier alpha value is -2.89. The molecule has 0 aliphatic carbocycles. The molecule has 3 rings (SSSR count). The van der Waals surface area contributed by atoms with Crippen LogP contribution in [0, 0.1) is 10.1 Å². The molecule has 2 aromatic carbocycles. The minimum absolute atomic E-state index is 0.0155. The predicted molar refractivity (Wildman–Crippen MR) is 122 cm³/mol. The zero-order chi connectivity index (χ0) is 22.5. The number of amides is 1. The van der Waals surface area contributed by atoms with Crippen molar-refractivity contribution in [3.63, 3.8) is 0 Å². The summed E-state index contributed by atoms with van der Waals surface area (Å²) in [6.07, 6.45) is 1.65. The second-order valence-corrected chi connectivity index (χ2v) is 8.39. The van der Waals surface area contributed by atoms with Gasteiger partial charge in [0.25, 0.3) is 5.69 Å². The average molecular weight is 525 g/mol. The molecule has 9 nitrogen and oxygen atoms in total. The van der Waals surface area contributed by atoms with E-state index < -0.39 is 4.92 Å². The van der Waals surface area contributed by atoms with Crippen molar-refractivity contribution in [1.82, 2.24) is 14.8 Å². The number of benzene rings is 2. The van der Waals surface area contributed by atoms with Gasteiger partial charge >= 0.3 is 0 Å². The topological polar surface area (TPSA) is 123 Å². The second kappa shape index (κ2) is 9.94. The average Bonchev–Trinajstić information content (AvgIpc) is 3.12. The van der Waals surface area contributed by atoms with Crippen LogP contribution in [0.1, 0.15) is 0 Å². The smallest absolute Gasteiger partial charge is 0.289 e. The predicted octanol–water partition coefficient (Wildman–Crippen LogP) is 4.89. The number of aromatic nitrogens is 3. The normalized spacial score (nSPS) is 10.6. The number of allylic oxidation sites excluding steroid dienone is 1. The Morgan fingerprint density at radius 1 is 1.35 bits per heavy atom. The van der Waals surface area contributed by atoms with Crippen molar-refractivity contribution in [3.8, 4) is 17.1 Å². The van der Waals surface area contributed by atoms with Crippen LogP contribution in [0.25, 0.3) is 11.4 Å². The molecule has 0 aliphatic heterocycles. The van der Waals surface area contributed by atoms with E-state index in [1.54, 1.807) is 22.8 Å². The van der Waals surface area contributed by atoms with Gasteiger partial charge in [-0.3, -0.25) is 19.5 Å². The molecule has 1 amide bonds. The monoisotopic (exact) mass is 523 g/mol. The molecular weight excluding hydrogens is 510 g/mol. The molecule has 0 saturated carbocycles. The van der Waals surface area contributed by atoms with Crippen LogP contribution in [0.4, 0.5) is 11.4 Å². The van der Waals surface area contributed by atoms with Gasteiger partial charge in [0.1, 0.15) is 10.8 Å². The fraction of sp³-hybridized carbons (Fsp3) is 0.105. The summed E-state index contributed by atoms with van der Waals surface area (Å²) in [6, 6.07) is 8.98. The molecule has 0 spiro atoms. The zero-order valence-corrected chi connectivity index (χ0v) is 18.9. The summed E-state index contributed by atoms with van der Waals surface area (Å²) in [5, 5.41) is 32.5. The van der Waals surface area contributed by atoms with Crippen LogP contribution >= 0.6 is 39.3 Å². The van der Waals surface area contributed by atoms with Crippen LogP contribution in [0.5, 0.6) is 5.75 Å². The van der Waals surface area contributed by atoms with Gasteiger partial charge in [-0.1, -0.05) is 45.4 Å². The first-order valence-corrected chi connectivity index (χ1v) is 10.9. The molecule has 12 heteroatoms. The lowest BCUT2D eigenvalue weighted by Gasteiger charge is -2.09. The van der Waals surface area contributed by atoms with Gasteiger partial charge in [0.05, 0.1) is 16.2 Å². The van der Waals surface area contributed by atoms with E-state index in [1.165, 1.54) is 24.3 Å². The Labute approximate surface area is 194 Å². The van der Waals surface area contributed by atoms with Crippen molar-refractivity contribution in [2.24, 2.45) is 0 Å². The summed E-state index contributed by atoms with van der Waals surface area (Å²) in [7, 11) is 0. The SMILES string of the molecule is C=CCn1c(SCC(=O)Nc2ccc(Cl)c([N+](=O)[O-])c2)nnc1-c1cc(Br)ccc1O. The fourth-order valence-corrected chi connectivity index (χ4v) is 3.93. The molecule has 0 atom stereocenters. The number of carbonyl (C=O) groups is 1. The summed E-state index contributed by atoms with van der Waals surface area (Å²) in [6.45, 7) is 4.09. The van der Waals surface area contributed by atoms with Crippen molar-refractivity contribution in [3.05, 3.63) is 68.7 Å². The zero-order valence-electron chi connectivity index (χ0n) is 15.8. The molecule has 0 aliphatic rings. The van der Waals surface area contributed by atoms with Crippen LogP contribution in [0.3, 0.4) is 0 Å². The molecule has 0 unspecified atom stereocenters. The van der Waals surface area contributed by atoms with Gasteiger partial charge in [-0.2, -0.15) is 0 Å². The molecule has 2 N–H and O–H groups in total. The van der Waals surface area contributed by atoms with E-state index in [0.717, 1.165) is 16.2 Å². The van der Waals surface area contributed by atoms with Crippen molar-refractivity contribution in [2.45, 2.75) is 11.7 Å². The minimum Gasteiger partial charge on any atom is -0.507 e. The standard InChI is InChI=1S/C19H15BrClN5O4S/c1-2-7-25-18(13-8-11(20)3-6-16(13)27)23-24-19(25)31-10-17(28)22-12-4-5-14(21)15(9-12)26(29)30/h2-6,8-9,27H,1,7,10H2,(H,22,28). The molecular formula is C19H15BrClN5O4S. The number of halogens is 2. The number of nitrogens with one attached hydrogen (secondary N) is 1. The molecule has 1 heterocycles. The number of hydrogen-bond donors (Lipinski definition) is 2. The van der Waals surface area contributed by atoms with Crippen molar-refractivity contribution >= 4 is 56.6 Å². The Morgan fingerprint density at radius 2 is 2.13 bits per heavy atom. The van der Waals surface area contributed by atoms with Gasteiger partial charge in [-0.25, -0.2) is 0 Å². The van der Waals surface area contributed by atoms with E-state index in [2.05, 4.69) is 38.0 Å². The summed E-state index contributed by atoms with van der Waals surface area (Å²) in [5.41, 5.74) is 0.443. The largest absolute Gasteiger partial charge is 0.507 e. The molecule has 31 heavy (non-hydrogen) atoms. The van der Waals surface area contributed by atoms with Gasteiger partial charge in [0.2, 0.25) is 5.91 Å². The van der Waals surface area contributed by atoms with Gasteiger partial charge in [0, 0.05) is 22.8 Å². The first-order chi connectivity index (χ1) is 14.8. The van der Waals surface area contributed by atoms with Gasteiger partial charge < -0.3 is 10.4 Å². The molecule has 1 aromatic heterocycles. The molecule has 160 valence electrons. The third kappa shape index (κ3) is 5.43. The van der Waals surface area contributed by atoms with Gasteiger partial charge in [-0.15, -0.1) is 16.8 Å². The molecule has 0 radical (unpaired) electrons. The van der Waals surface area contributed by atoms with E-state index in [-0.39, 0.29) is 33.8 Å². The van der Waals surface area contributed by atoms with Crippen molar-refractivity contribution in [2.75, 3.05) is 11.1 Å².